The molecule has 0 aliphatic carbocycles. The van der Waals surface area contributed by atoms with E-state index >= 15 is 0 Å². The van der Waals surface area contributed by atoms with E-state index in [-0.39, 0.29) is 24.1 Å². The quantitative estimate of drug-likeness (QED) is 0.739. The minimum atomic E-state index is -0.522. The number of hydrogen-bond acceptors (Lipinski definition) is 4. The van der Waals surface area contributed by atoms with E-state index in [0.717, 1.165) is 23.2 Å². The Bertz CT molecular complexity index is 944. The van der Waals surface area contributed by atoms with Crippen LogP contribution < -0.4 is 5.32 Å². The molecule has 29 heavy (non-hydrogen) atoms. The predicted molar refractivity (Wildman–Crippen MR) is 116 cm³/mol. The van der Waals surface area contributed by atoms with Gasteiger partial charge in [-0.3, -0.25) is 14.5 Å². The van der Waals surface area contributed by atoms with Crippen molar-refractivity contribution in [3.8, 4) is 0 Å². The number of aliphatic imine (C=N–C) groups is 1. The summed E-state index contributed by atoms with van der Waals surface area (Å²) in [5.41, 5.74) is 3.52. The first kappa shape index (κ1) is 21.0. The highest BCUT2D eigenvalue weighted by atomic mass is 32.2. The van der Waals surface area contributed by atoms with Crippen LogP contribution in [0.1, 0.15) is 30.9 Å². The van der Waals surface area contributed by atoms with Gasteiger partial charge in [0.1, 0.15) is 11.1 Å². The molecule has 1 saturated heterocycles. The zero-order chi connectivity index (χ0) is 21.0. The summed E-state index contributed by atoms with van der Waals surface area (Å²) in [6.07, 6.45) is 0.833. The van der Waals surface area contributed by atoms with Crippen LogP contribution >= 0.6 is 11.8 Å². The molecule has 2 aromatic rings. The van der Waals surface area contributed by atoms with Gasteiger partial charge in [-0.25, -0.2) is 9.38 Å². The van der Waals surface area contributed by atoms with Crippen LogP contribution in [-0.4, -0.2) is 33.7 Å². The Labute approximate surface area is 174 Å². The fraction of sp³-hybridized carbons (Fsp3) is 0.318. The van der Waals surface area contributed by atoms with E-state index in [1.807, 2.05) is 32.9 Å². The lowest BCUT2D eigenvalue weighted by Crippen LogP contribution is -2.34. The maximum Gasteiger partial charge on any atom is 0.242 e. The summed E-state index contributed by atoms with van der Waals surface area (Å²) < 4.78 is 13.0. The van der Waals surface area contributed by atoms with E-state index < -0.39 is 5.25 Å². The molecule has 2 aromatic carbocycles. The fourth-order valence-electron chi connectivity index (χ4n) is 3.10. The largest absolute Gasteiger partial charge is 0.326 e. The number of nitrogens with zero attached hydrogens (tertiary/aromatic N) is 2. The van der Waals surface area contributed by atoms with Crippen molar-refractivity contribution in [3.63, 3.8) is 0 Å². The molecule has 0 radical (unpaired) electrons. The summed E-state index contributed by atoms with van der Waals surface area (Å²) >= 11 is 1.32. The van der Waals surface area contributed by atoms with Crippen LogP contribution in [0.3, 0.4) is 0 Å². The summed E-state index contributed by atoms with van der Waals surface area (Å²) in [6, 6.07) is 11.5. The van der Waals surface area contributed by atoms with Crippen LogP contribution in [0.4, 0.5) is 15.8 Å². The number of rotatable bonds is 6. The second-order valence-corrected chi connectivity index (χ2v) is 8.21. The Hall–Kier alpha value is -2.67. The number of carbonyl (C=O) groups excluding carboxylic acids is 2. The molecule has 0 spiro atoms. The molecule has 5 nitrogen and oxygen atoms in total. The van der Waals surface area contributed by atoms with Crippen LogP contribution in [0.25, 0.3) is 0 Å². The number of thioether (sulfide) groups is 1. The van der Waals surface area contributed by atoms with Crippen molar-refractivity contribution in [2.45, 2.75) is 38.9 Å². The zero-order valence-corrected chi connectivity index (χ0v) is 17.6. The van der Waals surface area contributed by atoms with Gasteiger partial charge in [0, 0.05) is 18.7 Å². The second kappa shape index (κ2) is 9.22. The van der Waals surface area contributed by atoms with Crippen molar-refractivity contribution in [1.29, 1.82) is 0 Å². The van der Waals surface area contributed by atoms with Crippen LogP contribution in [0, 0.1) is 19.7 Å². The standard InChI is InChI=1S/C22H24FN3O2S/c1-4-11-26-21(28)19(13-20(27)24-17-8-6-16(23)7-9-17)29-22(26)25-18-10-5-14(2)12-15(18)3/h5-10,12,19H,4,11,13H2,1-3H3,(H,24,27)/t19-/m1/s1. The van der Waals surface area contributed by atoms with Gasteiger partial charge in [0.2, 0.25) is 11.8 Å². The number of amidine groups is 1. The van der Waals surface area contributed by atoms with Crippen LogP contribution in [0.15, 0.2) is 47.5 Å². The first-order valence-corrected chi connectivity index (χ1v) is 10.4. The Morgan fingerprint density at radius 3 is 2.59 bits per heavy atom. The van der Waals surface area contributed by atoms with Crippen molar-refractivity contribution < 1.29 is 14.0 Å². The van der Waals surface area contributed by atoms with Gasteiger partial charge in [0.25, 0.3) is 0 Å². The maximum atomic E-state index is 13.0. The number of anilines is 1. The van der Waals surface area contributed by atoms with E-state index in [1.165, 1.54) is 36.0 Å². The lowest BCUT2D eigenvalue weighted by atomic mass is 10.1. The molecule has 152 valence electrons. The van der Waals surface area contributed by atoms with Crippen LogP contribution in [-0.2, 0) is 9.59 Å². The highest BCUT2D eigenvalue weighted by Crippen LogP contribution is 2.33. The number of halogens is 1. The minimum Gasteiger partial charge on any atom is -0.326 e. The number of nitrogens with one attached hydrogen (secondary N) is 1. The average Bonchev–Trinajstić information content (AvgIpc) is 2.95. The maximum absolute atomic E-state index is 13.0. The van der Waals surface area contributed by atoms with Gasteiger partial charge in [-0.2, -0.15) is 0 Å². The molecule has 7 heteroatoms. The summed E-state index contributed by atoms with van der Waals surface area (Å²) in [6.45, 7) is 6.58. The molecule has 1 fully saturated rings. The second-order valence-electron chi connectivity index (χ2n) is 7.04. The summed E-state index contributed by atoms with van der Waals surface area (Å²) in [5.74, 6) is -0.756. The van der Waals surface area contributed by atoms with Crippen molar-refractivity contribution in [2.24, 2.45) is 4.99 Å². The van der Waals surface area contributed by atoms with Gasteiger partial charge in [0.05, 0.1) is 5.69 Å². The molecule has 0 saturated carbocycles. The Morgan fingerprint density at radius 2 is 1.93 bits per heavy atom. The lowest BCUT2D eigenvalue weighted by molar-refractivity contribution is -0.128. The molecule has 1 N–H and O–H groups in total. The third-order valence-corrected chi connectivity index (χ3v) is 5.71. The van der Waals surface area contributed by atoms with Gasteiger partial charge in [0.15, 0.2) is 5.17 Å². The molecular formula is C22H24FN3O2S. The molecule has 1 aliphatic heterocycles. The number of benzene rings is 2. The average molecular weight is 414 g/mol. The molecule has 0 aromatic heterocycles. The summed E-state index contributed by atoms with van der Waals surface area (Å²) in [7, 11) is 0. The third kappa shape index (κ3) is 5.23. The van der Waals surface area contributed by atoms with Crippen molar-refractivity contribution in [3.05, 3.63) is 59.4 Å². The van der Waals surface area contributed by atoms with Gasteiger partial charge >= 0.3 is 0 Å². The molecule has 0 bridgehead atoms. The Morgan fingerprint density at radius 1 is 1.21 bits per heavy atom. The molecule has 1 heterocycles. The van der Waals surface area contributed by atoms with Gasteiger partial charge in [-0.15, -0.1) is 0 Å². The SMILES string of the molecule is CCCN1C(=O)[C@@H](CC(=O)Nc2ccc(F)cc2)SC1=Nc1ccc(C)cc1C. The van der Waals surface area contributed by atoms with Gasteiger partial charge in [-0.1, -0.05) is 36.4 Å². The van der Waals surface area contributed by atoms with E-state index in [4.69, 9.17) is 4.99 Å². The van der Waals surface area contributed by atoms with E-state index in [9.17, 15) is 14.0 Å². The monoisotopic (exact) mass is 413 g/mol. The lowest BCUT2D eigenvalue weighted by Gasteiger charge is -2.15. The number of carbonyl (C=O) groups is 2. The smallest absolute Gasteiger partial charge is 0.242 e. The highest BCUT2D eigenvalue weighted by Gasteiger charge is 2.38. The number of amides is 2. The van der Waals surface area contributed by atoms with Crippen LogP contribution in [0.2, 0.25) is 0 Å². The first-order valence-electron chi connectivity index (χ1n) is 9.56. The van der Waals surface area contributed by atoms with E-state index in [2.05, 4.69) is 11.4 Å². The molecule has 1 atom stereocenters. The summed E-state index contributed by atoms with van der Waals surface area (Å²) in [5, 5.41) is 2.82. The fourth-order valence-corrected chi connectivity index (χ4v) is 4.28. The molecule has 3 rings (SSSR count). The molecule has 2 amide bonds. The first-order chi connectivity index (χ1) is 13.9. The van der Waals surface area contributed by atoms with Crippen molar-refractivity contribution in [2.75, 3.05) is 11.9 Å². The van der Waals surface area contributed by atoms with E-state index in [0.29, 0.717) is 17.4 Å². The number of aryl methyl sites for hydroxylation is 2. The topological polar surface area (TPSA) is 61.8 Å². The Balaban J connectivity index is 1.75. The normalized spacial score (nSPS) is 17.8. The van der Waals surface area contributed by atoms with Crippen LogP contribution in [0.5, 0.6) is 0 Å². The van der Waals surface area contributed by atoms with Crippen molar-refractivity contribution in [1.82, 2.24) is 4.90 Å². The van der Waals surface area contributed by atoms with E-state index in [1.54, 1.807) is 4.90 Å². The minimum absolute atomic E-state index is 0.0347. The third-order valence-electron chi connectivity index (χ3n) is 4.53. The molecule has 1 aliphatic rings. The number of hydrogen-bond donors (Lipinski definition) is 1. The highest BCUT2D eigenvalue weighted by molar-refractivity contribution is 8.15. The molecular weight excluding hydrogens is 389 g/mol. The van der Waals surface area contributed by atoms with Crippen molar-refractivity contribution >= 4 is 40.1 Å². The molecule has 0 unspecified atom stereocenters. The summed E-state index contributed by atoms with van der Waals surface area (Å²) in [4.78, 5) is 31.6. The predicted octanol–water partition coefficient (Wildman–Crippen LogP) is 4.81. The Kier molecular flexibility index (Phi) is 6.69. The van der Waals surface area contributed by atoms with Gasteiger partial charge in [-0.05, 0) is 56.2 Å². The zero-order valence-electron chi connectivity index (χ0n) is 16.7. The van der Waals surface area contributed by atoms with Gasteiger partial charge < -0.3 is 5.32 Å².